The van der Waals surface area contributed by atoms with Crippen LogP contribution in [0.1, 0.15) is 76.7 Å². The standard InChI is InChI=1S/C32H46FN3O4/c1-3-40-31(39)32(24-7-5-4-6-8-24)15-17-36(18-16-32)30(38)27(20-22-9-12-25(33)13-10-22)34-29(37)26-19-23-11-14-28(26)35(2)21-23/h9-10,12-13,23-24,26-28H,3-8,11,14-21H2,1-2H3,(H,34,37)/t23-,26+,27+,28+/m0/s1. The number of ether oxygens (including phenoxy) is 1. The van der Waals surface area contributed by atoms with E-state index in [9.17, 15) is 18.8 Å². The van der Waals surface area contributed by atoms with Gasteiger partial charge in [-0.1, -0.05) is 31.4 Å². The third kappa shape index (κ3) is 6.07. The Bertz CT molecular complexity index is 1050. The zero-order valence-electron chi connectivity index (χ0n) is 24.2. The number of likely N-dealkylation sites (tertiary alicyclic amines) is 1. The van der Waals surface area contributed by atoms with Crippen LogP contribution in [0, 0.1) is 29.0 Å². The Hall–Kier alpha value is -2.48. The van der Waals surface area contributed by atoms with Crippen LogP contribution in [0.2, 0.25) is 0 Å². The molecule has 1 aromatic carbocycles. The van der Waals surface area contributed by atoms with E-state index >= 15 is 0 Å². The van der Waals surface area contributed by atoms with Gasteiger partial charge in [0.15, 0.2) is 0 Å². The van der Waals surface area contributed by atoms with Crippen molar-refractivity contribution in [1.29, 1.82) is 0 Å². The molecule has 2 aliphatic carbocycles. The van der Waals surface area contributed by atoms with Gasteiger partial charge in [0.1, 0.15) is 11.9 Å². The SMILES string of the molecule is CCOC(=O)C1(C2CCCCC2)CCN(C(=O)[C@@H](Cc2ccc(F)cc2)NC(=O)[C@@H]2C[C@@H]3CC[C@H]2N(C)C3)CC1. The second-order valence-electron chi connectivity index (χ2n) is 12.7. The molecule has 2 bridgehead atoms. The quantitative estimate of drug-likeness (QED) is 0.483. The van der Waals surface area contributed by atoms with Crippen molar-refractivity contribution in [2.24, 2.45) is 23.2 Å². The highest BCUT2D eigenvalue weighted by Crippen LogP contribution is 2.47. The Labute approximate surface area is 238 Å². The van der Waals surface area contributed by atoms with Gasteiger partial charge >= 0.3 is 5.97 Å². The van der Waals surface area contributed by atoms with E-state index in [1.54, 1.807) is 12.1 Å². The summed E-state index contributed by atoms with van der Waals surface area (Å²) in [6, 6.07) is 5.64. The number of amides is 2. The summed E-state index contributed by atoms with van der Waals surface area (Å²) in [7, 11) is 2.09. The summed E-state index contributed by atoms with van der Waals surface area (Å²) in [6.45, 7) is 4.19. The number of carbonyl (C=O) groups is 3. The number of hydrogen-bond donors (Lipinski definition) is 1. The zero-order chi connectivity index (χ0) is 28.3. The minimum atomic E-state index is -0.728. The maximum atomic E-state index is 14.0. The average molecular weight is 556 g/mol. The lowest BCUT2D eigenvalue weighted by Crippen LogP contribution is -2.59. The van der Waals surface area contributed by atoms with Gasteiger partial charge < -0.3 is 19.9 Å². The van der Waals surface area contributed by atoms with E-state index in [0.29, 0.717) is 50.8 Å². The van der Waals surface area contributed by atoms with Crippen LogP contribution in [0.5, 0.6) is 0 Å². The number of nitrogens with zero attached hydrogens (tertiary/aromatic N) is 2. The molecule has 5 aliphatic rings. The first-order valence-corrected chi connectivity index (χ1v) is 15.5. The smallest absolute Gasteiger partial charge is 0.312 e. The number of halogens is 1. The molecule has 40 heavy (non-hydrogen) atoms. The monoisotopic (exact) mass is 555 g/mol. The predicted octanol–water partition coefficient (Wildman–Crippen LogP) is 4.34. The molecule has 1 aromatic rings. The predicted molar refractivity (Wildman–Crippen MR) is 151 cm³/mol. The van der Waals surface area contributed by atoms with Gasteiger partial charge in [-0.25, -0.2) is 4.39 Å². The third-order valence-electron chi connectivity index (χ3n) is 10.4. The molecule has 4 atom stereocenters. The van der Waals surface area contributed by atoms with Crippen molar-refractivity contribution in [2.45, 2.75) is 89.6 Å². The van der Waals surface area contributed by atoms with E-state index < -0.39 is 11.5 Å². The number of fused-ring (bicyclic) bond motifs is 3. The molecule has 5 fully saturated rings. The lowest BCUT2D eigenvalue weighted by atomic mass is 9.63. The van der Waals surface area contributed by atoms with Gasteiger partial charge in [-0.3, -0.25) is 14.4 Å². The fourth-order valence-electron chi connectivity index (χ4n) is 8.15. The molecule has 0 unspecified atom stereocenters. The van der Waals surface area contributed by atoms with E-state index in [-0.39, 0.29) is 35.6 Å². The van der Waals surface area contributed by atoms with E-state index in [2.05, 4.69) is 17.3 Å². The van der Waals surface area contributed by atoms with Gasteiger partial charge in [-0.15, -0.1) is 0 Å². The highest BCUT2D eigenvalue weighted by molar-refractivity contribution is 5.89. The molecule has 1 N–H and O–H groups in total. The maximum absolute atomic E-state index is 14.0. The van der Waals surface area contributed by atoms with Crippen molar-refractivity contribution in [1.82, 2.24) is 15.1 Å². The molecule has 3 heterocycles. The number of rotatable bonds is 8. The summed E-state index contributed by atoms with van der Waals surface area (Å²) in [5.41, 5.74) is 0.275. The van der Waals surface area contributed by atoms with Gasteiger partial charge in [-0.05, 0) is 88.4 Å². The number of hydrogen-bond acceptors (Lipinski definition) is 5. The Kier molecular flexibility index (Phi) is 9.13. The summed E-state index contributed by atoms with van der Waals surface area (Å²) < 4.78 is 19.2. The van der Waals surface area contributed by atoms with Crippen molar-refractivity contribution in [2.75, 3.05) is 33.3 Å². The molecule has 220 valence electrons. The molecule has 0 radical (unpaired) electrons. The van der Waals surface area contributed by atoms with Crippen LogP contribution in [0.25, 0.3) is 0 Å². The van der Waals surface area contributed by atoms with Crippen molar-refractivity contribution >= 4 is 17.8 Å². The lowest BCUT2D eigenvalue weighted by molar-refractivity contribution is -0.166. The molecule has 2 amide bonds. The summed E-state index contributed by atoms with van der Waals surface area (Å²) in [5, 5.41) is 3.14. The Morgan fingerprint density at radius 3 is 2.38 bits per heavy atom. The minimum Gasteiger partial charge on any atom is -0.466 e. The van der Waals surface area contributed by atoms with Crippen LogP contribution in [0.4, 0.5) is 4.39 Å². The van der Waals surface area contributed by atoms with Crippen molar-refractivity contribution in [3.8, 4) is 0 Å². The Morgan fingerprint density at radius 2 is 1.75 bits per heavy atom. The largest absolute Gasteiger partial charge is 0.466 e. The summed E-state index contributed by atoms with van der Waals surface area (Å²) >= 11 is 0. The van der Waals surface area contributed by atoms with E-state index in [1.165, 1.54) is 18.6 Å². The number of piperidine rings is 3. The highest BCUT2D eigenvalue weighted by Gasteiger charge is 2.50. The second-order valence-corrected chi connectivity index (χ2v) is 12.7. The van der Waals surface area contributed by atoms with Crippen molar-refractivity contribution in [3.05, 3.63) is 35.6 Å². The van der Waals surface area contributed by atoms with Crippen LogP contribution in [0.15, 0.2) is 24.3 Å². The molecule has 0 aromatic heterocycles. The molecular formula is C32H46FN3O4. The molecular weight excluding hydrogens is 509 g/mol. The van der Waals surface area contributed by atoms with Crippen LogP contribution < -0.4 is 5.32 Å². The van der Waals surface area contributed by atoms with Crippen LogP contribution in [-0.4, -0.2) is 73.0 Å². The number of esters is 1. The van der Waals surface area contributed by atoms with Crippen molar-refractivity contribution in [3.63, 3.8) is 0 Å². The average Bonchev–Trinajstić information content (AvgIpc) is 2.98. The second kappa shape index (κ2) is 12.6. The lowest BCUT2D eigenvalue weighted by Gasteiger charge is -2.48. The Balaban J connectivity index is 1.31. The molecule has 3 saturated heterocycles. The summed E-state index contributed by atoms with van der Waals surface area (Å²) in [5.74, 6) is 0.0912. The normalized spacial score (nSPS) is 27.7. The first kappa shape index (κ1) is 29.0. The molecule has 7 nitrogen and oxygen atoms in total. The van der Waals surface area contributed by atoms with Crippen molar-refractivity contribution < 1.29 is 23.5 Å². The molecule has 3 aliphatic heterocycles. The fraction of sp³-hybridized carbons (Fsp3) is 0.719. The number of nitrogens with one attached hydrogen (secondary N) is 1. The van der Waals surface area contributed by atoms with Crippen LogP contribution in [0.3, 0.4) is 0 Å². The Morgan fingerprint density at radius 1 is 1.05 bits per heavy atom. The molecule has 2 saturated carbocycles. The molecule has 0 spiro atoms. The molecule has 8 heteroatoms. The van der Waals surface area contributed by atoms with Gasteiger partial charge in [0, 0.05) is 32.1 Å². The first-order chi connectivity index (χ1) is 19.3. The summed E-state index contributed by atoms with van der Waals surface area (Å²) in [6.07, 6.45) is 10.1. The topological polar surface area (TPSA) is 79.0 Å². The van der Waals surface area contributed by atoms with E-state index in [4.69, 9.17) is 4.74 Å². The van der Waals surface area contributed by atoms with Gasteiger partial charge in [0.05, 0.1) is 17.9 Å². The number of benzene rings is 1. The summed E-state index contributed by atoms with van der Waals surface area (Å²) in [4.78, 5) is 45.0. The number of carbonyl (C=O) groups excluding carboxylic acids is 3. The maximum Gasteiger partial charge on any atom is 0.312 e. The fourth-order valence-corrected chi connectivity index (χ4v) is 8.15. The molecule has 6 rings (SSSR count). The van der Waals surface area contributed by atoms with Gasteiger partial charge in [-0.2, -0.15) is 0 Å². The van der Waals surface area contributed by atoms with E-state index in [1.807, 2.05) is 11.8 Å². The highest BCUT2D eigenvalue weighted by atomic mass is 19.1. The van der Waals surface area contributed by atoms with Gasteiger partial charge in [0.2, 0.25) is 11.8 Å². The zero-order valence-corrected chi connectivity index (χ0v) is 24.2. The van der Waals surface area contributed by atoms with E-state index in [0.717, 1.165) is 57.1 Å². The van der Waals surface area contributed by atoms with Crippen LogP contribution >= 0.6 is 0 Å². The first-order valence-electron chi connectivity index (χ1n) is 15.5. The van der Waals surface area contributed by atoms with Crippen LogP contribution in [-0.2, 0) is 25.5 Å². The third-order valence-corrected chi connectivity index (χ3v) is 10.4. The minimum absolute atomic E-state index is 0.0539. The van der Waals surface area contributed by atoms with Gasteiger partial charge in [0.25, 0.3) is 0 Å².